The average Bonchev–Trinajstić information content (AvgIpc) is 3.05. The predicted octanol–water partition coefficient (Wildman–Crippen LogP) is 0.738. The fraction of sp³-hybridized carbons (Fsp3) is 0.929. The molecule has 5 heteroatoms. The summed E-state index contributed by atoms with van der Waals surface area (Å²) in [6.07, 6.45) is 4.37. The van der Waals surface area contributed by atoms with Gasteiger partial charge in [0.15, 0.2) is 0 Å². The van der Waals surface area contributed by atoms with Crippen LogP contribution >= 0.6 is 0 Å². The lowest BCUT2D eigenvalue weighted by Gasteiger charge is -2.16. The summed E-state index contributed by atoms with van der Waals surface area (Å²) in [7, 11) is 0. The summed E-state index contributed by atoms with van der Waals surface area (Å²) >= 11 is 0. The zero-order chi connectivity index (χ0) is 13.3. The number of likely N-dealkylation sites (tertiary alicyclic amines) is 2. The van der Waals surface area contributed by atoms with Gasteiger partial charge in [0, 0.05) is 26.1 Å². The van der Waals surface area contributed by atoms with Crippen LogP contribution in [-0.4, -0.2) is 74.9 Å². The van der Waals surface area contributed by atoms with E-state index in [2.05, 4.69) is 4.90 Å². The van der Waals surface area contributed by atoms with Gasteiger partial charge in [-0.05, 0) is 32.4 Å². The third-order valence-electron chi connectivity index (χ3n) is 3.80. The van der Waals surface area contributed by atoms with E-state index >= 15 is 0 Å². The topological polar surface area (TPSA) is 42.0 Å². The number of hydrogen-bond donors (Lipinski definition) is 0. The predicted molar refractivity (Wildman–Crippen MR) is 73.1 cm³/mol. The standard InChI is InChI=1S/C14H26N2O3/c17-14-4-3-7-16(14)9-11-19-13-12-18-10-8-15-5-1-2-6-15/h1-13H2. The largest absolute Gasteiger partial charge is 0.378 e. The Morgan fingerprint density at radius 1 is 0.842 bits per heavy atom. The van der Waals surface area contributed by atoms with Crippen LogP contribution in [0.3, 0.4) is 0 Å². The maximum Gasteiger partial charge on any atom is 0.222 e. The lowest BCUT2D eigenvalue weighted by molar-refractivity contribution is -0.128. The zero-order valence-electron chi connectivity index (χ0n) is 11.8. The zero-order valence-corrected chi connectivity index (χ0v) is 11.8. The molecule has 0 aromatic rings. The molecule has 1 amide bonds. The third-order valence-corrected chi connectivity index (χ3v) is 3.80. The van der Waals surface area contributed by atoms with Crippen molar-refractivity contribution in [2.24, 2.45) is 0 Å². The van der Waals surface area contributed by atoms with E-state index in [-0.39, 0.29) is 5.91 Å². The molecule has 0 N–H and O–H groups in total. The van der Waals surface area contributed by atoms with Crippen LogP contribution in [0.4, 0.5) is 0 Å². The van der Waals surface area contributed by atoms with Crippen LogP contribution in [0.25, 0.3) is 0 Å². The molecule has 2 saturated heterocycles. The lowest BCUT2D eigenvalue weighted by atomic mass is 10.4. The van der Waals surface area contributed by atoms with Crippen LogP contribution < -0.4 is 0 Å². The highest BCUT2D eigenvalue weighted by molar-refractivity contribution is 5.77. The Kier molecular flexibility index (Phi) is 6.61. The van der Waals surface area contributed by atoms with Gasteiger partial charge in [0.1, 0.15) is 0 Å². The van der Waals surface area contributed by atoms with Crippen molar-refractivity contribution in [1.82, 2.24) is 9.80 Å². The summed E-state index contributed by atoms with van der Waals surface area (Å²) in [6, 6.07) is 0. The molecule has 5 nitrogen and oxygen atoms in total. The van der Waals surface area contributed by atoms with Gasteiger partial charge in [0.25, 0.3) is 0 Å². The van der Waals surface area contributed by atoms with Crippen molar-refractivity contribution < 1.29 is 14.3 Å². The fourth-order valence-corrected chi connectivity index (χ4v) is 2.64. The van der Waals surface area contributed by atoms with Gasteiger partial charge in [-0.1, -0.05) is 0 Å². The molecule has 2 aliphatic rings. The van der Waals surface area contributed by atoms with Crippen LogP contribution in [-0.2, 0) is 14.3 Å². The van der Waals surface area contributed by atoms with E-state index in [4.69, 9.17) is 9.47 Å². The number of carbonyl (C=O) groups is 1. The minimum atomic E-state index is 0.269. The van der Waals surface area contributed by atoms with E-state index in [9.17, 15) is 4.79 Å². The summed E-state index contributed by atoms with van der Waals surface area (Å²) in [6.45, 7) is 7.83. The first-order valence-electron chi connectivity index (χ1n) is 7.52. The Morgan fingerprint density at radius 2 is 1.53 bits per heavy atom. The van der Waals surface area contributed by atoms with Crippen LogP contribution in [0, 0.1) is 0 Å². The third kappa shape index (κ3) is 5.47. The van der Waals surface area contributed by atoms with Crippen molar-refractivity contribution in [3.8, 4) is 0 Å². The highest BCUT2D eigenvalue weighted by atomic mass is 16.5. The molecule has 0 radical (unpaired) electrons. The second kappa shape index (κ2) is 8.51. The van der Waals surface area contributed by atoms with Crippen molar-refractivity contribution in [3.63, 3.8) is 0 Å². The number of carbonyl (C=O) groups excluding carboxylic acids is 1. The first-order valence-corrected chi connectivity index (χ1v) is 7.52. The molecule has 0 saturated carbocycles. The Hall–Kier alpha value is -0.650. The second-order valence-electron chi connectivity index (χ2n) is 5.26. The quantitative estimate of drug-likeness (QED) is 0.580. The number of nitrogens with zero attached hydrogens (tertiary/aromatic N) is 2. The highest BCUT2D eigenvalue weighted by Crippen LogP contribution is 2.08. The van der Waals surface area contributed by atoms with Crippen molar-refractivity contribution in [2.75, 3.05) is 59.2 Å². The van der Waals surface area contributed by atoms with Crippen LogP contribution in [0.5, 0.6) is 0 Å². The van der Waals surface area contributed by atoms with E-state index in [1.807, 2.05) is 4.90 Å². The number of amides is 1. The molecule has 0 aromatic heterocycles. The lowest BCUT2D eigenvalue weighted by Crippen LogP contribution is -2.29. The second-order valence-corrected chi connectivity index (χ2v) is 5.26. The van der Waals surface area contributed by atoms with Crippen molar-refractivity contribution in [2.45, 2.75) is 25.7 Å². The van der Waals surface area contributed by atoms with E-state index in [0.717, 1.165) is 32.7 Å². The molecule has 0 spiro atoms. The van der Waals surface area contributed by atoms with Gasteiger partial charge < -0.3 is 19.3 Å². The molecular formula is C14H26N2O3. The molecule has 2 aliphatic heterocycles. The van der Waals surface area contributed by atoms with Gasteiger partial charge in [-0.15, -0.1) is 0 Å². The molecule has 0 unspecified atom stereocenters. The van der Waals surface area contributed by atoms with Gasteiger partial charge >= 0.3 is 0 Å². The Balaban J connectivity index is 1.35. The Morgan fingerprint density at radius 3 is 2.16 bits per heavy atom. The number of rotatable bonds is 9. The molecule has 0 aromatic carbocycles. The highest BCUT2D eigenvalue weighted by Gasteiger charge is 2.19. The SMILES string of the molecule is O=C1CCCN1CCOCCOCCN1CCCC1. The summed E-state index contributed by atoms with van der Waals surface area (Å²) in [5.74, 6) is 0.269. The normalized spacial score (nSPS) is 20.6. The Labute approximate surface area is 115 Å². The first kappa shape index (κ1) is 14.8. The van der Waals surface area contributed by atoms with E-state index in [1.165, 1.54) is 25.9 Å². The van der Waals surface area contributed by atoms with Gasteiger partial charge in [-0.25, -0.2) is 0 Å². The average molecular weight is 270 g/mol. The van der Waals surface area contributed by atoms with Gasteiger partial charge in [0.2, 0.25) is 5.91 Å². The van der Waals surface area contributed by atoms with Crippen molar-refractivity contribution in [1.29, 1.82) is 0 Å². The van der Waals surface area contributed by atoms with Crippen molar-refractivity contribution >= 4 is 5.91 Å². The Bertz CT molecular complexity index is 267. The number of hydrogen-bond acceptors (Lipinski definition) is 4. The summed E-state index contributed by atoms with van der Waals surface area (Å²) in [5.41, 5.74) is 0. The molecule has 2 rings (SSSR count). The van der Waals surface area contributed by atoms with Gasteiger partial charge in [0.05, 0.1) is 26.4 Å². The molecule has 0 aliphatic carbocycles. The summed E-state index contributed by atoms with van der Waals surface area (Å²) < 4.78 is 11.0. The van der Waals surface area contributed by atoms with Gasteiger partial charge in [-0.2, -0.15) is 0 Å². The molecular weight excluding hydrogens is 244 g/mol. The minimum absolute atomic E-state index is 0.269. The van der Waals surface area contributed by atoms with E-state index < -0.39 is 0 Å². The monoisotopic (exact) mass is 270 g/mol. The van der Waals surface area contributed by atoms with Gasteiger partial charge in [-0.3, -0.25) is 4.79 Å². The molecule has 110 valence electrons. The molecule has 2 heterocycles. The minimum Gasteiger partial charge on any atom is -0.378 e. The maximum absolute atomic E-state index is 11.3. The molecule has 19 heavy (non-hydrogen) atoms. The number of ether oxygens (including phenoxy) is 2. The van der Waals surface area contributed by atoms with Crippen molar-refractivity contribution in [3.05, 3.63) is 0 Å². The smallest absolute Gasteiger partial charge is 0.222 e. The molecule has 2 fully saturated rings. The molecule has 0 bridgehead atoms. The fourth-order valence-electron chi connectivity index (χ4n) is 2.64. The maximum atomic E-state index is 11.3. The van der Waals surface area contributed by atoms with E-state index in [1.54, 1.807) is 0 Å². The summed E-state index contributed by atoms with van der Waals surface area (Å²) in [4.78, 5) is 15.7. The molecule has 0 atom stereocenters. The van der Waals surface area contributed by atoms with Crippen LogP contribution in [0.15, 0.2) is 0 Å². The first-order chi connectivity index (χ1) is 9.36. The van der Waals surface area contributed by atoms with Crippen LogP contribution in [0.1, 0.15) is 25.7 Å². The van der Waals surface area contributed by atoms with Crippen LogP contribution in [0.2, 0.25) is 0 Å². The summed E-state index contributed by atoms with van der Waals surface area (Å²) in [5, 5.41) is 0. The van der Waals surface area contributed by atoms with E-state index in [0.29, 0.717) is 26.2 Å².